The third-order valence-corrected chi connectivity index (χ3v) is 5.06. The molecule has 6 heteroatoms. The second-order valence-corrected chi connectivity index (χ2v) is 6.02. The molecule has 1 aliphatic heterocycles. The first-order chi connectivity index (χ1) is 8.07. The van der Waals surface area contributed by atoms with Crippen LogP contribution in [0.5, 0.6) is 0 Å². The Morgan fingerprint density at radius 3 is 2.88 bits per heavy atom. The van der Waals surface area contributed by atoms with Crippen molar-refractivity contribution in [1.29, 1.82) is 0 Å². The molecule has 1 fully saturated rings. The normalized spacial score (nSPS) is 21.6. The van der Waals surface area contributed by atoms with Crippen LogP contribution in [-0.2, 0) is 10.0 Å². The van der Waals surface area contributed by atoms with Crippen LogP contribution < -0.4 is 5.32 Å². The van der Waals surface area contributed by atoms with Gasteiger partial charge in [-0.2, -0.15) is 4.31 Å². The van der Waals surface area contributed by atoms with Crippen LogP contribution in [0.15, 0.2) is 23.4 Å². The fourth-order valence-corrected chi connectivity index (χ4v) is 3.97. The summed E-state index contributed by atoms with van der Waals surface area (Å²) >= 11 is 0. The van der Waals surface area contributed by atoms with Gasteiger partial charge in [-0.05, 0) is 31.9 Å². The average molecular weight is 255 g/mol. The molecular formula is C11H17N3O2S. The first-order valence-electron chi connectivity index (χ1n) is 5.72. The summed E-state index contributed by atoms with van der Waals surface area (Å²) in [6.07, 6.45) is 3.34. The molecular weight excluding hydrogens is 238 g/mol. The molecule has 2 heterocycles. The molecule has 0 aliphatic carbocycles. The highest BCUT2D eigenvalue weighted by atomic mass is 32.2. The highest BCUT2D eigenvalue weighted by Crippen LogP contribution is 2.28. The molecule has 0 amide bonds. The predicted molar refractivity (Wildman–Crippen MR) is 66.4 cm³/mol. The minimum atomic E-state index is -3.47. The maximum atomic E-state index is 12.4. The van der Waals surface area contributed by atoms with Gasteiger partial charge in [0, 0.05) is 25.8 Å². The van der Waals surface area contributed by atoms with E-state index in [0.29, 0.717) is 12.2 Å². The molecule has 0 bridgehead atoms. The summed E-state index contributed by atoms with van der Waals surface area (Å²) in [5.41, 5.74) is 0.548. The van der Waals surface area contributed by atoms with E-state index < -0.39 is 10.0 Å². The highest BCUT2D eigenvalue weighted by molar-refractivity contribution is 7.89. The molecule has 0 spiro atoms. The Hall–Kier alpha value is -1.14. The van der Waals surface area contributed by atoms with Crippen molar-refractivity contribution in [3.8, 4) is 0 Å². The Morgan fingerprint density at radius 2 is 2.29 bits per heavy atom. The SMILES string of the molecule is CNc1cccnc1S(=O)(=O)N1CCCC1C. The Balaban J connectivity index is 2.44. The van der Waals surface area contributed by atoms with E-state index in [4.69, 9.17) is 0 Å². The van der Waals surface area contributed by atoms with Crippen LogP contribution in [0.3, 0.4) is 0 Å². The van der Waals surface area contributed by atoms with E-state index in [1.807, 2.05) is 6.92 Å². The quantitative estimate of drug-likeness (QED) is 0.884. The standard InChI is InChI=1S/C11H17N3O2S/c1-9-5-4-8-14(9)17(15,16)11-10(12-2)6-3-7-13-11/h3,6-7,9,12H,4-5,8H2,1-2H3. The molecule has 0 saturated carbocycles. The summed E-state index contributed by atoms with van der Waals surface area (Å²) in [5.74, 6) is 0. The maximum Gasteiger partial charge on any atom is 0.262 e. The Morgan fingerprint density at radius 1 is 1.53 bits per heavy atom. The van der Waals surface area contributed by atoms with Crippen LogP contribution in [0.2, 0.25) is 0 Å². The lowest BCUT2D eigenvalue weighted by Crippen LogP contribution is -2.34. The zero-order valence-electron chi connectivity index (χ0n) is 10.0. The average Bonchev–Trinajstić information content (AvgIpc) is 2.76. The van der Waals surface area contributed by atoms with E-state index in [1.54, 1.807) is 19.2 Å². The van der Waals surface area contributed by atoms with Gasteiger partial charge >= 0.3 is 0 Å². The van der Waals surface area contributed by atoms with E-state index in [2.05, 4.69) is 10.3 Å². The van der Waals surface area contributed by atoms with Crippen LogP contribution in [0.1, 0.15) is 19.8 Å². The lowest BCUT2D eigenvalue weighted by Gasteiger charge is -2.21. The number of sulfonamides is 1. The van der Waals surface area contributed by atoms with Crippen molar-refractivity contribution in [2.24, 2.45) is 0 Å². The van der Waals surface area contributed by atoms with Gasteiger partial charge in [0.25, 0.3) is 10.0 Å². The molecule has 2 rings (SSSR count). The van der Waals surface area contributed by atoms with E-state index in [-0.39, 0.29) is 11.1 Å². The molecule has 1 saturated heterocycles. The highest BCUT2D eigenvalue weighted by Gasteiger charge is 2.34. The van der Waals surface area contributed by atoms with Crippen molar-refractivity contribution >= 4 is 15.7 Å². The third kappa shape index (κ3) is 2.14. The van der Waals surface area contributed by atoms with E-state index >= 15 is 0 Å². The minimum Gasteiger partial charge on any atom is -0.386 e. The number of nitrogens with one attached hydrogen (secondary N) is 1. The Bertz CT molecular complexity index is 501. The number of hydrogen-bond acceptors (Lipinski definition) is 4. The lowest BCUT2D eigenvalue weighted by atomic mass is 10.3. The summed E-state index contributed by atoms with van der Waals surface area (Å²) in [7, 11) is -1.77. The molecule has 17 heavy (non-hydrogen) atoms. The first-order valence-corrected chi connectivity index (χ1v) is 7.16. The van der Waals surface area contributed by atoms with Crippen molar-refractivity contribution in [2.45, 2.75) is 30.8 Å². The summed E-state index contributed by atoms with van der Waals surface area (Å²) in [6.45, 7) is 2.52. The van der Waals surface area contributed by atoms with Crippen molar-refractivity contribution in [3.05, 3.63) is 18.3 Å². The van der Waals surface area contributed by atoms with Crippen LogP contribution in [0, 0.1) is 0 Å². The first kappa shape index (κ1) is 12.3. The van der Waals surface area contributed by atoms with E-state index in [1.165, 1.54) is 10.5 Å². The van der Waals surface area contributed by atoms with Crippen molar-refractivity contribution in [1.82, 2.24) is 9.29 Å². The number of rotatable bonds is 3. The summed E-state index contributed by atoms with van der Waals surface area (Å²) < 4.78 is 26.4. The lowest BCUT2D eigenvalue weighted by molar-refractivity contribution is 0.406. The van der Waals surface area contributed by atoms with Gasteiger partial charge in [-0.3, -0.25) is 0 Å². The molecule has 0 radical (unpaired) electrons. The zero-order valence-corrected chi connectivity index (χ0v) is 10.9. The number of hydrogen-bond donors (Lipinski definition) is 1. The summed E-state index contributed by atoms with van der Waals surface area (Å²) in [5, 5.41) is 2.99. The second kappa shape index (κ2) is 4.62. The van der Waals surface area contributed by atoms with Crippen molar-refractivity contribution < 1.29 is 8.42 Å². The van der Waals surface area contributed by atoms with Crippen LogP contribution in [0.25, 0.3) is 0 Å². The number of nitrogens with zero attached hydrogens (tertiary/aromatic N) is 2. The van der Waals surface area contributed by atoms with Gasteiger partial charge in [0.15, 0.2) is 5.03 Å². The van der Waals surface area contributed by atoms with Gasteiger partial charge in [-0.1, -0.05) is 0 Å². The fourth-order valence-electron chi connectivity index (χ4n) is 2.16. The van der Waals surface area contributed by atoms with Crippen LogP contribution >= 0.6 is 0 Å². The van der Waals surface area contributed by atoms with Gasteiger partial charge in [0.2, 0.25) is 0 Å². The predicted octanol–water partition coefficient (Wildman–Crippen LogP) is 1.30. The molecule has 94 valence electrons. The monoisotopic (exact) mass is 255 g/mol. The van der Waals surface area contributed by atoms with Crippen LogP contribution in [0.4, 0.5) is 5.69 Å². The van der Waals surface area contributed by atoms with Gasteiger partial charge in [-0.15, -0.1) is 0 Å². The van der Waals surface area contributed by atoms with Gasteiger partial charge in [0.05, 0.1) is 5.69 Å². The third-order valence-electron chi connectivity index (χ3n) is 3.09. The molecule has 1 unspecified atom stereocenters. The summed E-state index contributed by atoms with van der Waals surface area (Å²) in [4.78, 5) is 4.01. The number of anilines is 1. The molecule has 5 nitrogen and oxygen atoms in total. The van der Waals surface area contributed by atoms with E-state index in [9.17, 15) is 8.42 Å². The Labute approximate surface area is 102 Å². The Kier molecular flexibility index (Phi) is 3.35. The van der Waals surface area contributed by atoms with Gasteiger partial charge in [-0.25, -0.2) is 13.4 Å². The summed E-state index contributed by atoms with van der Waals surface area (Å²) in [6, 6.07) is 3.51. The molecule has 1 aliphatic rings. The van der Waals surface area contributed by atoms with Gasteiger partial charge < -0.3 is 5.32 Å². The van der Waals surface area contributed by atoms with Crippen molar-refractivity contribution in [3.63, 3.8) is 0 Å². The van der Waals surface area contributed by atoms with E-state index in [0.717, 1.165) is 12.8 Å². The van der Waals surface area contributed by atoms with Gasteiger partial charge in [0.1, 0.15) is 0 Å². The maximum absolute atomic E-state index is 12.4. The minimum absolute atomic E-state index is 0.0618. The fraction of sp³-hybridized carbons (Fsp3) is 0.545. The largest absolute Gasteiger partial charge is 0.386 e. The zero-order chi connectivity index (χ0) is 12.5. The number of aromatic nitrogens is 1. The molecule has 0 aromatic carbocycles. The van der Waals surface area contributed by atoms with Crippen LogP contribution in [-0.4, -0.2) is 37.3 Å². The van der Waals surface area contributed by atoms with Crippen molar-refractivity contribution in [2.75, 3.05) is 18.9 Å². The molecule has 1 atom stereocenters. The molecule has 1 aromatic heterocycles. The smallest absolute Gasteiger partial charge is 0.262 e. The molecule has 1 N–H and O–H groups in total. The molecule has 1 aromatic rings. The second-order valence-electron chi connectivity index (χ2n) is 4.21. The topological polar surface area (TPSA) is 62.3 Å². The number of pyridine rings is 1.